The van der Waals surface area contributed by atoms with E-state index in [0.29, 0.717) is 0 Å². The molecule has 0 radical (unpaired) electrons. The van der Waals surface area contributed by atoms with Crippen LogP contribution in [0.3, 0.4) is 0 Å². The molecule has 0 bridgehead atoms. The lowest BCUT2D eigenvalue weighted by atomic mass is 9.99. The summed E-state index contributed by atoms with van der Waals surface area (Å²) < 4.78 is 33.7. The van der Waals surface area contributed by atoms with Crippen molar-refractivity contribution >= 4 is 17.3 Å². The van der Waals surface area contributed by atoms with E-state index in [9.17, 15) is 25.6 Å². The van der Waals surface area contributed by atoms with Gasteiger partial charge in [-0.3, -0.25) is 0 Å². The van der Waals surface area contributed by atoms with Gasteiger partial charge in [-0.2, -0.15) is 10.5 Å². The minimum absolute atomic E-state index is 0.0420. The minimum atomic E-state index is -1.38. The number of nitrogens with one attached hydrogen (secondary N) is 2. The van der Waals surface area contributed by atoms with Crippen molar-refractivity contribution in [2.24, 2.45) is 0 Å². The number of hydrogen-bond acceptors (Lipinski definition) is 11. The molecule has 13 nitrogen and oxygen atoms in total. The molecule has 13 heteroatoms. The van der Waals surface area contributed by atoms with Crippen LogP contribution in [0.1, 0.15) is 24.2 Å². The summed E-state index contributed by atoms with van der Waals surface area (Å²) in [6.45, 7) is 3.43. The van der Waals surface area contributed by atoms with Gasteiger partial charge in [0.1, 0.15) is 18.3 Å². The van der Waals surface area contributed by atoms with Gasteiger partial charge >= 0.3 is 5.97 Å². The Morgan fingerprint density at radius 3 is 2.19 bits per heavy atom. The fraction of sp³-hybridized carbons (Fsp3) is 0.611. The first-order valence-electron chi connectivity index (χ1n) is 9.41. The van der Waals surface area contributed by atoms with Crippen molar-refractivity contribution < 1.29 is 54.1 Å². The lowest BCUT2D eigenvalue weighted by Crippen LogP contribution is -3.00. The predicted molar refractivity (Wildman–Crippen MR) is 98.6 cm³/mol. The number of quaternary nitrogens is 2. The number of benzene rings is 1. The van der Waals surface area contributed by atoms with E-state index >= 15 is 0 Å². The van der Waals surface area contributed by atoms with Gasteiger partial charge in [0.25, 0.3) is 0 Å². The zero-order chi connectivity index (χ0) is 22.9. The molecule has 0 aromatic heterocycles. The summed E-state index contributed by atoms with van der Waals surface area (Å²) in [5.74, 6) is -1.94. The third-order valence-corrected chi connectivity index (χ3v) is 4.90. The highest BCUT2D eigenvalue weighted by atomic mass is 16.8. The molecule has 1 aromatic rings. The average Bonchev–Trinajstić information content (AvgIpc) is 3.04. The van der Waals surface area contributed by atoms with Gasteiger partial charge in [-0.25, -0.2) is 15.2 Å². The molecular weight excluding hydrogens is 420 g/mol. The highest BCUT2D eigenvalue weighted by Crippen LogP contribution is 2.39. The number of ether oxygens (including phenoxy) is 6. The molecule has 4 N–H and O–H groups in total. The van der Waals surface area contributed by atoms with Crippen LogP contribution in [0, 0.1) is 10.4 Å². The molecule has 31 heavy (non-hydrogen) atoms. The summed E-state index contributed by atoms with van der Waals surface area (Å²) in [5.41, 5.74) is -0.963. The topological polar surface area (TPSA) is 168 Å². The highest BCUT2D eigenvalue weighted by molar-refractivity contribution is 5.91. The van der Waals surface area contributed by atoms with E-state index in [-0.39, 0.29) is 23.5 Å². The van der Waals surface area contributed by atoms with Crippen molar-refractivity contribution in [2.75, 3.05) is 20.8 Å². The third kappa shape index (κ3) is 5.19. The Morgan fingerprint density at radius 2 is 1.68 bits per heavy atom. The van der Waals surface area contributed by atoms with Crippen molar-refractivity contribution in [3.05, 3.63) is 34.2 Å². The third-order valence-electron chi connectivity index (χ3n) is 4.90. The maximum Gasteiger partial charge on any atom is 0.339 e. The summed E-state index contributed by atoms with van der Waals surface area (Å²) in [7, 11) is 2.89. The van der Waals surface area contributed by atoms with Gasteiger partial charge in [0, 0.05) is 26.4 Å². The van der Waals surface area contributed by atoms with Crippen LogP contribution in [-0.4, -0.2) is 73.7 Å². The summed E-state index contributed by atoms with van der Waals surface area (Å²) in [6.07, 6.45) is -4.03. The number of esters is 1. The van der Waals surface area contributed by atoms with Crippen molar-refractivity contribution in [1.29, 1.82) is 0 Å². The zero-order valence-corrected chi connectivity index (χ0v) is 17.4. The molecule has 3 rings (SSSR count). The first-order chi connectivity index (χ1) is 14.6. The quantitative estimate of drug-likeness (QED) is 0.286. The van der Waals surface area contributed by atoms with Gasteiger partial charge in [-0.15, -0.1) is 0 Å². The molecule has 174 valence electrons. The van der Waals surface area contributed by atoms with Gasteiger partial charge in [-0.05, 0) is 13.8 Å². The van der Waals surface area contributed by atoms with Crippen LogP contribution in [-0.2, 0) is 28.4 Å². The van der Waals surface area contributed by atoms with Crippen LogP contribution in [0.2, 0.25) is 0 Å². The van der Waals surface area contributed by atoms with E-state index in [1.165, 1.54) is 14.2 Å². The Hall–Kier alpha value is -1.75. The molecule has 2 aliphatic rings. The lowest BCUT2D eigenvalue weighted by Gasteiger charge is -2.40. The van der Waals surface area contributed by atoms with Crippen molar-refractivity contribution in [2.45, 2.75) is 50.3 Å². The van der Waals surface area contributed by atoms with E-state index in [2.05, 4.69) is 0 Å². The second kappa shape index (κ2) is 9.40. The summed E-state index contributed by atoms with van der Waals surface area (Å²) in [6, 6.07) is 3.03. The number of carbonyl (C=O) groups excluding carboxylic acids is 1. The molecule has 0 amide bonds. The van der Waals surface area contributed by atoms with Crippen LogP contribution in [0.15, 0.2) is 18.2 Å². The van der Waals surface area contributed by atoms with Gasteiger partial charge in [-0.1, -0.05) is 0 Å². The van der Waals surface area contributed by atoms with Gasteiger partial charge in [0.2, 0.25) is 0 Å². The maximum atomic E-state index is 12.9. The molecule has 0 saturated carbocycles. The Morgan fingerprint density at radius 1 is 1.10 bits per heavy atom. The summed E-state index contributed by atoms with van der Waals surface area (Å²) in [4.78, 5) is 12.9. The second-order valence-corrected chi connectivity index (χ2v) is 7.58. The SMILES string of the molecule is COC[C@H]1O[C@H](OC)[C@@H]2OC(C)(C)O[C@@H]2[C@@H]1OC(=O)c1cc([NH+]([O-])O)cc([NH+]([O-])O)c1. The Balaban J connectivity index is 1.90. The van der Waals surface area contributed by atoms with Crippen LogP contribution in [0.25, 0.3) is 0 Å². The van der Waals surface area contributed by atoms with E-state index in [1.54, 1.807) is 13.8 Å². The smallest absolute Gasteiger partial charge is 0.339 e. The number of rotatable bonds is 7. The first kappa shape index (κ1) is 23.9. The standard InChI is InChI=1S/C18H26N2O11/c1-18(2)30-14-13(12(8-26-3)28-17(27-4)15(14)31-18)29-16(21)9-5-10(19(22)23)7-11(6-9)20(24)25/h5-7,12-15,17,19-20,22,24H,8H2,1-4H3/t12-,13-,14-,15-,17+/m1/s1. The average molecular weight is 446 g/mol. The largest absolute Gasteiger partial charge is 0.595 e. The molecule has 2 heterocycles. The molecule has 2 saturated heterocycles. The fourth-order valence-corrected chi connectivity index (χ4v) is 3.64. The van der Waals surface area contributed by atoms with Gasteiger partial charge < -0.3 is 38.8 Å². The Bertz CT molecular complexity index is 762. The normalized spacial score (nSPS) is 31.7. The Labute approximate surface area is 177 Å². The first-order valence-corrected chi connectivity index (χ1v) is 9.41. The molecule has 2 unspecified atom stereocenters. The molecule has 1 aromatic carbocycles. The van der Waals surface area contributed by atoms with Crippen molar-refractivity contribution in [3.63, 3.8) is 0 Å². The van der Waals surface area contributed by atoms with Crippen LogP contribution < -0.4 is 10.5 Å². The fourth-order valence-electron chi connectivity index (χ4n) is 3.64. The number of fused-ring (bicyclic) bond motifs is 1. The molecule has 0 spiro atoms. The molecule has 2 fully saturated rings. The van der Waals surface area contributed by atoms with E-state index in [0.717, 1.165) is 18.2 Å². The number of carbonyl (C=O) groups is 1. The van der Waals surface area contributed by atoms with E-state index in [1.807, 2.05) is 0 Å². The van der Waals surface area contributed by atoms with Gasteiger partial charge in [0.05, 0.1) is 18.2 Å². The van der Waals surface area contributed by atoms with Gasteiger partial charge in [0.15, 0.2) is 29.6 Å². The highest BCUT2D eigenvalue weighted by Gasteiger charge is 2.57. The van der Waals surface area contributed by atoms with Crippen molar-refractivity contribution in [3.8, 4) is 0 Å². The molecule has 0 aliphatic carbocycles. The Kier molecular flexibility index (Phi) is 7.25. The lowest BCUT2D eigenvalue weighted by molar-refractivity contribution is -0.996. The zero-order valence-electron chi connectivity index (χ0n) is 17.4. The van der Waals surface area contributed by atoms with Crippen LogP contribution >= 0.6 is 0 Å². The molecule has 2 aliphatic heterocycles. The summed E-state index contributed by atoms with van der Waals surface area (Å²) in [5, 5.41) is 38.4. The van der Waals surface area contributed by atoms with Crippen LogP contribution in [0.4, 0.5) is 11.4 Å². The maximum absolute atomic E-state index is 12.9. The van der Waals surface area contributed by atoms with Crippen molar-refractivity contribution in [1.82, 2.24) is 0 Å². The number of methoxy groups -OCH3 is 2. The molecular formula is C18H26N2O11. The van der Waals surface area contributed by atoms with E-state index in [4.69, 9.17) is 28.4 Å². The number of hydrogen-bond donors (Lipinski definition) is 4. The molecule has 7 atom stereocenters. The second-order valence-electron chi connectivity index (χ2n) is 7.58. The summed E-state index contributed by atoms with van der Waals surface area (Å²) >= 11 is 0. The van der Waals surface area contributed by atoms with E-state index < -0.39 is 52.9 Å². The predicted octanol–water partition coefficient (Wildman–Crippen LogP) is -1.44. The monoisotopic (exact) mass is 446 g/mol. The minimum Gasteiger partial charge on any atom is -0.595 e. The van der Waals surface area contributed by atoms with Crippen LogP contribution in [0.5, 0.6) is 0 Å².